The Kier molecular flexibility index (Phi) is 5.78. The lowest BCUT2D eigenvalue weighted by Gasteiger charge is -2.29. The molecule has 7 nitrogen and oxygen atoms in total. The molecule has 7 heteroatoms. The number of rotatable bonds is 4. The molecule has 2 N–H and O–H groups in total. The molecule has 0 radical (unpaired) electrons. The van der Waals surface area contributed by atoms with E-state index in [2.05, 4.69) is 17.6 Å². The number of nitrogens with one attached hydrogen (secondary N) is 2. The molecule has 1 aromatic heterocycles. The summed E-state index contributed by atoms with van der Waals surface area (Å²) in [6, 6.07) is 6.75. The fourth-order valence-electron chi connectivity index (χ4n) is 3.46. The van der Waals surface area contributed by atoms with Crippen LogP contribution >= 0.6 is 0 Å². The minimum Gasteiger partial charge on any atom is -0.450 e. The maximum atomic E-state index is 12.2. The third-order valence-corrected chi connectivity index (χ3v) is 5.04. The number of fused-ring (bicyclic) bond motifs is 1. The van der Waals surface area contributed by atoms with E-state index in [9.17, 15) is 14.4 Å². The third-order valence-electron chi connectivity index (χ3n) is 5.04. The topological polar surface area (TPSA) is 97.6 Å². The standard InChI is InChI=1S/C20H24N2O5/c1-12-7-3-5-9-15(12)21-20(25)22-17(23)11-26-19(24)18-13(2)14-8-4-6-10-16(14)27-18/h4,6,8,10,12,15H,3,5,7,9,11H2,1-2H3,(H2,21,22,23,25)/t12-,15+/m1/s1. The van der Waals surface area contributed by atoms with Crippen LogP contribution in [-0.2, 0) is 9.53 Å². The number of benzene rings is 1. The summed E-state index contributed by atoms with van der Waals surface area (Å²) in [6.45, 7) is 3.29. The summed E-state index contributed by atoms with van der Waals surface area (Å²) >= 11 is 0. The van der Waals surface area contributed by atoms with Gasteiger partial charge in [0, 0.05) is 17.0 Å². The normalized spacial score (nSPS) is 19.5. The maximum Gasteiger partial charge on any atom is 0.375 e. The summed E-state index contributed by atoms with van der Waals surface area (Å²) in [7, 11) is 0. The summed E-state index contributed by atoms with van der Waals surface area (Å²) < 4.78 is 10.5. The van der Waals surface area contributed by atoms with Crippen LogP contribution in [0.15, 0.2) is 28.7 Å². The number of ether oxygens (including phenoxy) is 1. The van der Waals surface area contributed by atoms with Crippen molar-refractivity contribution < 1.29 is 23.5 Å². The van der Waals surface area contributed by atoms with Crippen LogP contribution in [0.3, 0.4) is 0 Å². The van der Waals surface area contributed by atoms with Gasteiger partial charge in [0.15, 0.2) is 6.61 Å². The zero-order valence-electron chi connectivity index (χ0n) is 15.5. The number of amides is 3. The van der Waals surface area contributed by atoms with Gasteiger partial charge in [0.1, 0.15) is 5.58 Å². The zero-order chi connectivity index (χ0) is 19.4. The molecule has 2 aromatic rings. The summed E-state index contributed by atoms with van der Waals surface area (Å²) in [5.74, 6) is -0.976. The summed E-state index contributed by atoms with van der Waals surface area (Å²) in [5, 5.41) is 5.83. The van der Waals surface area contributed by atoms with Gasteiger partial charge in [0.05, 0.1) is 0 Å². The van der Waals surface area contributed by atoms with Crippen molar-refractivity contribution in [1.82, 2.24) is 10.6 Å². The molecule has 3 amide bonds. The summed E-state index contributed by atoms with van der Waals surface area (Å²) in [6.07, 6.45) is 4.20. The molecule has 1 saturated carbocycles. The van der Waals surface area contributed by atoms with Crippen LogP contribution in [0.25, 0.3) is 11.0 Å². The van der Waals surface area contributed by atoms with E-state index in [0.717, 1.165) is 31.1 Å². The van der Waals surface area contributed by atoms with E-state index in [4.69, 9.17) is 9.15 Å². The van der Waals surface area contributed by atoms with Crippen LogP contribution in [0.5, 0.6) is 0 Å². The van der Waals surface area contributed by atoms with E-state index in [-0.39, 0.29) is 11.8 Å². The van der Waals surface area contributed by atoms with Crippen molar-refractivity contribution in [2.24, 2.45) is 5.92 Å². The first-order chi connectivity index (χ1) is 13.0. The number of para-hydroxylation sites is 1. The van der Waals surface area contributed by atoms with Crippen LogP contribution < -0.4 is 10.6 Å². The minimum atomic E-state index is -0.736. The molecule has 2 atom stereocenters. The quantitative estimate of drug-likeness (QED) is 0.803. The van der Waals surface area contributed by atoms with Gasteiger partial charge in [-0.1, -0.05) is 38.0 Å². The Hall–Kier alpha value is -2.83. The SMILES string of the molecule is Cc1c(C(=O)OCC(=O)NC(=O)N[C@H]2CCCC[C@H]2C)oc2ccccc12. The first kappa shape index (κ1) is 18.9. The zero-order valence-corrected chi connectivity index (χ0v) is 15.5. The number of hydrogen-bond acceptors (Lipinski definition) is 5. The van der Waals surface area contributed by atoms with Gasteiger partial charge in [-0.15, -0.1) is 0 Å². The van der Waals surface area contributed by atoms with Gasteiger partial charge in [-0.05, 0) is 31.7 Å². The van der Waals surface area contributed by atoms with Crippen LogP contribution in [-0.4, -0.2) is 30.6 Å². The molecule has 3 rings (SSSR count). The van der Waals surface area contributed by atoms with Crippen molar-refractivity contribution in [2.75, 3.05) is 6.61 Å². The smallest absolute Gasteiger partial charge is 0.375 e. The van der Waals surface area contributed by atoms with E-state index in [1.165, 1.54) is 0 Å². The number of urea groups is 1. The highest BCUT2D eigenvalue weighted by Crippen LogP contribution is 2.25. The molecule has 144 valence electrons. The highest BCUT2D eigenvalue weighted by Gasteiger charge is 2.24. The average Bonchev–Trinajstić information content (AvgIpc) is 2.99. The second-order valence-electron chi connectivity index (χ2n) is 7.02. The Labute approximate surface area is 157 Å². The van der Waals surface area contributed by atoms with Crippen LogP contribution in [0.2, 0.25) is 0 Å². The van der Waals surface area contributed by atoms with Gasteiger partial charge in [-0.25, -0.2) is 9.59 Å². The average molecular weight is 372 g/mol. The van der Waals surface area contributed by atoms with Gasteiger partial charge in [-0.3, -0.25) is 10.1 Å². The molecule has 27 heavy (non-hydrogen) atoms. The molecule has 1 aliphatic carbocycles. The van der Waals surface area contributed by atoms with Crippen molar-refractivity contribution in [1.29, 1.82) is 0 Å². The molecule has 1 aromatic carbocycles. The molecule has 0 spiro atoms. The van der Waals surface area contributed by atoms with Gasteiger partial charge >= 0.3 is 12.0 Å². The Balaban J connectivity index is 1.50. The highest BCUT2D eigenvalue weighted by molar-refractivity contribution is 5.98. The van der Waals surface area contributed by atoms with Crippen molar-refractivity contribution in [3.8, 4) is 0 Å². The first-order valence-electron chi connectivity index (χ1n) is 9.21. The fourth-order valence-corrected chi connectivity index (χ4v) is 3.46. The monoisotopic (exact) mass is 372 g/mol. The van der Waals surface area contributed by atoms with Gasteiger partial charge in [0.25, 0.3) is 5.91 Å². The highest BCUT2D eigenvalue weighted by atomic mass is 16.5. The lowest BCUT2D eigenvalue weighted by atomic mass is 9.86. The molecule has 0 bridgehead atoms. The second-order valence-corrected chi connectivity index (χ2v) is 7.02. The van der Waals surface area contributed by atoms with E-state index >= 15 is 0 Å². The fraction of sp³-hybridized carbons (Fsp3) is 0.450. The number of hydrogen-bond donors (Lipinski definition) is 2. The molecule has 1 heterocycles. The first-order valence-corrected chi connectivity index (χ1v) is 9.21. The molecule has 1 aliphatic rings. The lowest BCUT2D eigenvalue weighted by Crippen LogP contribution is -2.48. The Morgan fingerprint density at radius 2 is 1.93 bits per heavy atom. The van der Waals surface area contributed by atoms with Crippen molar-refractivity contribution >= 4 is 28.9 Å². The van der Waals surface area contributed by atoms with Crippen molar-refractivity contribution in [2.45, 2.75) is 45.6 Å². The Bertz CT molecular complexity index is 857. The Morgan fingerprint density at radius 3 is 2.67 bits per heavy atom. The molecule has 0 unspecified atom stereocenters. The predicted octanol–water partition coefficient (Wildman–Crippen LogP) is 3.30. The van der Waals surface area contributed by atoms with E-state index in [1.54, 1.807) is 19.1 Å². The number of furan rings is 1. The number of carbonyl (C=O) groups excluding carboxylic acids is 3. The molecular weight excluding hydrogens is 348 g/mol. The minimum absolute atomic E-state index is 0.0597. The van der Waals surface area contributed by atoms with Crippen molar-refractivity contribution in [3.05, 3.63) is 35.6 Å². The van der Waals surface area contributed by atoms with Gasteiger partial charge in [0.2, 0.25) is 5.76 Å². The number of imide groups is 1. The summed E-state index contributed by atoms with van der Waals surface area (Å²) in [4.78, 5) is 36.0. The largest absolute Gasteiger partial charge is 0.450 e. The predicted molar refractivity (Wildman–Crippen MR) is 99.3 cm³/mol. The van der Waals surface area contributed by atoms with Gasteiger partial charge in [-0.2, -0.15) is 0 Å². The van der Waals surface area contributed by atoms with E-state index in [0.29, 0.717) is 17.1 Å². The lowest BCUT2D eigenvalue weighted by molar-refractivity contribution is -0.123. The van der Waals surface area contributed by atoms with Gasteiger partial charge < -0.3 is 14.5 Å². The molecular formula is C20H24N2O5. The second kappa shape index (κ2) is 8.24. The molecule has 0 aliphatic heterocycles. The van der Waals surface area contributed by atoms with Crippen molar-refractivity contribution in [3.63, 3.8) is 0 Å². The molecule has 0 saturated heterocycles. The number of esters is 1. The maximum absolute atomic E-state index is 12.2. The summed E-state index contributed by atoms with van der Waals surface area (Å²) in [5.41, 5.74) is 1.23. The van der Waals surface area contributed by atoms with Crippen LogP contribution in [0.1, 0.15) is 48.7 Å². The Morgan fingerprint density at radius 1 is 1.19 bits per heavy atom. The number of aryl methyl sites for hydroxylation is 1. The number of carbonyl (C=O) groups is 3. The van der Waals surface area contributed by atoms with E-state index < -0.39 is 24.5 Å². The van der Waals surface area contributed by atoms with Crippen LogP contribution in [0, 0.1) is 12.8 Å². The third kappa shape index (κ3) is 4.48. The van der Waals surface area contributed by atoms with E-state index in [1.807, 2.05) is 12.1 Å². The van der Waals surface area contributed by atoms with Crippen LogP contribution in [0.4, 0.5) is 4.79 Å². The molecule has 1 fully saturated rings.